The first-order chi connectivity index (χ1) is 13.2. The summed E-state index contributed by atoms with van der Waals surface area (Å²) in [6.45, 7) is 7.79. The number of carbonyl (C=O) groups excluding carboxylic acids is 3. The van der Waals surface area contributed by atoms with Crippen molar-refractivity contribution in [3.05, 3.63) is 16.0 Å². The van der Waals surface area contributed by atoms with Gasteiger partial charge in [0.15, 0.2) is 5.60 Å². The summed E-state index contributed by atoms with van der Waals surface area (Å²) in [5.74, 6) is -1.04. The SMILES string of the molecule is CCOC(=O)c1c(NC(=O)[C@]23CC[C@@](C)(C(=O)O2)C3(C)C)sc2c1CCCC2. The Labute approximate surface area is 169 Å². The number of fused-ring (bicyclic) bond motifs is 3. The second-order valence-corrected chi connectivity index (χ2v) is 9.87. The molecule has 1 amide bonds. The molecule has 28 heavy (non-hydrogen) atoms. The van der Waals surface area contributed by atoms with Crippen LogP contribution in [0.25, 0.3) is 0 Å². The van der Waals surface area contributed by atoms with Crippen LogP contribution in [0.15, 0.2) is 0 Å². The number of hydrogen-bond acceptors (Lipinski definition) is 6. The zero-order chi connectivity index (χ0) is 20.3. The van der Waals surface area contributed by atoms with E-state index >= 15 is 0 Å². The predicted molar refractivity (Wildman–Crippen MR) is 105 cm³/mol. The van der Waals surface area contributed by atoms with Gasteiger partial charge in [-0.15, -0.1) is 11.3 Å². The molecule has 1 aromatic rings. The van der Waals surface area contributed by atoms with Gasteiger partial charge in [-0.1, -0.05) is 13.8 Å². The van der Waals surface area contributed by atoms with Gasteiger partial charge in [-0.05, 0) is 57.9 Å². The molecule has 0 spiro atoms. The molecule has 2 atom stereocenters. The van der Waals surface area contributed by atoms with Crippen molar-refractivity contribution < 1.29 is 23.9 Å². The molecule has 2 heterocycles. The van der Waals surface area contributed by atoms with Gasteiger partial charge in [-0.2, -0.15) is 0 Å². The molecule has 0 unspecified atom stereocenters. The third-order valence-corrected chi connectivity index (χ3v) is 8.54. The van der Waals surface area contributed by atoms with E-state index < -0.39 is 22.4 Å². The smallest absolute Gasteiger partial charge is 0.341 e. The minimum Gasteiger partial charge on any atom is -0.462 e. The Hall–Kier alpha value is -1.89. The second-order valence-electron chi connectivity index (χ2n) is 8.76. The third-order valence-electron chi connectivity index (χ3n) is 7.33. The number of rotatable bonds is 4. The number of thiophene rings is 1. The van der Waals surface area contributed by atoms with E-state index in [1.807, 2.05) is 20.8 Å². The molecule has 1 saturated carbocycles. The zero-order valence-electron chi connectivity index (χ0n) is 16.9. The summed E-state index contributed by atoms with van der Waals surface area (Å²) in [6, 6.07) is 0. The molecule has 3 aliphatic rings. The molecule has 1 saturated heterocycles. The lowest BCUT2D eigenvalue weighted by molar-refractivity contribution is -0.165. The summed E-state index contributed by atoms with van der Waals surface area (Å²) >= 11 is 1.45. The Balaban J connectivity index is 1.70. The van der Waals surface area contributed by atoms with Crippen molar-refractivity contribution in [3.8, 4) is 0 Å². The fourth-order valence-corrected chi connectivity index (χ4v) is 6.30. The van der Waals surface area contributed by atoms with Crippen LogP contribution in [0.5, 0.6) is 0 Å². The van der Waals surface area contributed by atoms with Crippen LogP contribution in [-0.2, 0) is 31.9 Å². The van der Waals surface area contributed by atoms with Gasteiger partial charge in [0.25, 0.3) is 5.91 Å². The molecule has 7 heteroatoms. The van der Waals surface area contributed by atoms with Gasteiger partial charge < -0.3 is 14.8 Å². The van der Waals surface area contributed by atoms with Crippen LogP contribution >= 0.6 is 11.3 Å². The minimum atomic E-state index is -1.20. The molecular formula is C21H27NO5S. The lowest BCUT2D eigenvalue weighted by Gasteiger charge is -2.35. The number of carbonyl (C=O) groups is 3. The molecule has 2 fully saturated rings. The van der Waals surface area contributed by atoms with Gasteiger partial charge in [-0.25, -0.2) is 4.79 Å². The Morgan fingerprint density at radius 2 is 1.89 bits per heavy atom. The average Bonchev–Trinajstić information content (AvgIpc) is 3.15. The topological polar surface area (TPSA) is 81.7 Å². The molecular weight excluding hydrogens is 378 g/mol. The van der Waals surface area contributed by atoms with Gasteiger partial charge in [-0.3, -0.25) is 9.59 Å². The van der Waals surface area contributed by atoms with Crippen LogP contribution in [0.3, 0.4) is 0 Å². The first-order valence-electron chi connectivity index (χ1n) is 10.0. The zero-order valence-corrected chi connectivity index (χ0v) is 17.7. The average molecular weight is 406 g/mol. The summed E-state index contributed by atoms with van der Waals surface area (Å²) in [7, 11) is 0. The largest absolute Gasteiger partial charge is 0.462 e. The number of aryl methyl sites for hydroxylation is 1. The maximum absolute atomic E-state index is 13.4. The number of nitrogens with one attached hydrogen (secondary N) is 1. The number of esters is 2. The lowest BCUT2D eigenvalue weighted by atomic mass is 9.66. The second kappa shape index (κ2) is 6.31. The third kappa shape index (κ3) is 2.34. The van der Waals surface area contributed by atoms with Crippen LogP contribution in [-0.4, -0.2) is 30.1 Å². The molecule has 0 radical (unpaired) electrons. The van der Waals surface area contributed by atoms with Gasteiger partial charge in [0.05, 0.1) is 17.6 Å². The van der Waals surface area contributed by atoms with Crippen LogP contribution in [0.4, 0.5) is 5.00 Å². The van der Waals surface area contributed by atoms with Crippen molar-refractivity contribution in [2.24, 2.45) is 10.8 Å². The normalized spacial score (nSPS) is 29.9. The van der Waals surface area contributed by atoms with E-state index in [0.29, 0.717) is 23.4 Å². The van der Waals surface area contributed by atoms with Crippen molar-refractivity contribution in [2.75, 3.05) is 11.9 Å². The first kappa shape index (κ1) is 19.4. The molecule has 1 aromatic heterocycles. The minimum absolute atomic E-state index is 0.282. The Morgan fingerprint density at radius 3 is 2.50 bits per heavy atom. The Bertz CT molecular complexity index is 872. The van der Waals surface area contributed by atoms with Gasteiger partial charge >= 0.3 is 11.9 Å². The highest BCUT2D eigenvalue weighted by molar-refractivity contribution is 7.17. The van der Waals surface area contributed by atoms with Crippen LogP contribution in [0.2, 0.25) is 0 Å². The van der Waals surface area contributed by atoms with Crippen molar-refractivity contribution in [1.82, 2.24) is 0 Å². The highest BCUT2D eigenvalue weighted by Gasteiger charge is 2.75. The number of amides is 1. The number of ether oxygens (including phenoxy) is 2. The van der Waals surface area contributed by atoms with Gasteiger partial charge in [0.2, 0.25) is 0 Å². The van der Waals surface area contributed by atoms with Gasteiger partial charge in [0, 0.05) is 10.3 Å². The molecule has 152 valence electrons. The van der Waals surface area contributed by atoms with E-state index in [9.17, 15) is 14.4 Å². The quantitative estimate of drug-likeness (QED) is 0.769. The maximum Gasteiger partial charge on any atom is 0.341 e. The summed E-state index contributed by atoms with van der Waals surface area (Å²) in [4.78, 5) is 39.7. The summed E-state index contributed by atoms with van der Waals surface area (Å²) < 4.78 is 11.0. The summed E-state index contributed by atoms with van der Waals surface area (Å²) in [5, 5.41) is 3.49. The van der Waals surface area contributed by atoms with E-state index in [1.54, 1.807) is 6.92 Å². The van der Waals surface area contributed by atoms with E-state index in [-0.39, 0.29) is 18.5 Å². The molecule has 6 nitrogen and oxygen atoms in total. The molecule has 1 aliphatic heterocycles. The molecule has 2 bridgehead atoms. The standard InChI is InChI=1S/C21H27NO5S/c1-5-26-16(23)14-12-8-6-7-9-13(12)28-15(14)22-17(24)21-11-10-20(4,18(25)27-21)19(21,2)3/h5-11H2,1-4H3,(H,22,24)/t20-,21-/m0/s1. The van der Waals surface area contributed by atoms with Crippen LogP contribution in [0, 0.1) is 10.8 Å². The summed E-state index contributed by atoms with van der Waals surface area (Å²) in [5.41, 5.74) is -1.00. The van der Waals surface area contributed by atoms with Crippen LogP contribution < -0.4 is 5.32 Å². The summed E-state index contributed by atoms with van der Waals surface area (Å²) in [6.07, 6.45) is 4.95. The Kier molecular flexibility index (Phi) is 4.38. The Morgan fingerprint density at radius 1 is 1.18 bits per heavy atom. The fourth-order valence-electron chi connectivity index (χ4n) is 5.02. The van der Waals surface area contributed by atoms with Crippen LogP contribution in [0.1, 0.15) is 74.2 Å². The highest BCUT2D eigenvalue weighted by atomic mass is 32.1. The molecule has 2 aliphatic carbocycles. The van der Waals surface area contributed by atoms with Crippen molar-refractivity contribution in [3.63, 3.8) is 0 Å². The molecule has 4 rings (SSSR count). The van der Waals surface area contributed by atoms with E-state index in [2.05, 4.69) is 5.32 Å². The van der Waals surface area contributed by atoms with Crippen molar-refractivity contribution in [1.29, 1.82) is 0 Å². The van der Waals surface area contributed by atoms with E-state index in [0.717, 1.165) is 36.1 Å². The monoisotopic (exact) mass is 405 g/mol. The van der Waals surface area contributed by atoms with Crippen molar-refractivity contribution in [2.45, 2.75) is 71.8 Å². The van der Waals surface area contributed by atoms with E-state index in [4.69, 9.17) is 9.47 Å². The number of anilines is 1. The number of hydrogen-bond donors (Lipinski definition) is 1. The first-order valence-corrected chi connectivity index (χ1v) is 10.9. The molecule has 0 aromatic carbocycles. The maximum atomic E-state index is 13.4. The lowest BCUT2D eigenvalue weighted by Crippen LogP contribution is -2.50. The van der Waals surface area contributed by atoms with Crippen molar-refractivity contribution >= 4 is 34.2 Å². The highest BCUT2D eigenvalue weighted by Crippen LogP contribution is 2.65. The fraction of sp³-hybridized carbons (Fsp3) is 0.667. The predicted octanol–water partition coefficient (Wildman–Crippen LogP) is 3.86. The van der Waals surface area contributed by atoms with E-state index in [1.165, 1.54) is 11.3 Å². The van der Waals surface area contributed by atoms with Gasteiger partial charge in [0.1, 0.15) is 5.00 Å². The molecule has 1 N–H and O–H groups in total.